The normalized spacial score (nSPS) is 10.3. The lowest BCUT2D eigenvalue weighted by Crippen LogP contribution is -2.11. The Hall–Kier alpha value is -2.31. The summed E-state index contributed by atoms with van der Waals surface area (Å²) in [5, 5.41) is 8.71. The molecule has 14 heavy (non-hydrogen) atoms. The summed E-state index contributed by atoms with van der Waals surface area (Å²) in [6.07, 6.45) is 0. The van der Waals surface area contributed by atoms with Crippen LogP contribution in [-0.4, -0.2) is 11.1 Å². The highest BCUT2D eigenvalue weighted by Gasteiger charge is 2.19. The molecule has 0 aliphatic carbocycles. The van der Waals surface area contributed by atoms with Crippen LogP contribution in [0, 0.1) is 10.1 Å². The third-order valence-corrected chi connectivity index (χ3v) is 1.57. The lowest BCUT2D eigenvalue weighted by Gasteiger charge is -2.02. The summed E-state index contributed by atoms with van der Waals surface area (Å²) in [6.45, 7) is 0. The van der Waals surface area contributed by atoms with Gasteiger partial charge in [0.25, 0.3) is 0 Å². The van der Waals surface area contributed by atoms with Gasteiger partial charge in [-0.05, 0) is 12.1 Å². The van der Waals surface area contributed by atoms with Gasteiger partial charge in [-0.25, -0.2) is 4.84 Å². The van der Waals surface area contributed by atoms with Gasteiger partial charge in [-0.1, -0.05) is 6.07 Å². The number of hydrogen-bond acceptors (Lipinski definition) is 6. The van der Waals surface area contributed by atoms with E-state index in [1.165, 1.54) is 12.1 Å². The molecule has 0 saturated heterocycles. The van der Waals surface area contributed by atoms with E-state index in [0.29, 0.717) is 5.58 Å². The van der Waals surface area contributed by atoms with Crippen molar-refractivity contribution in [3.63, 3.8) is 0 Å². The third kappa shape index (κ3) is 1.20. The van der Waals surface area contributed by atoms with Gasteiger partial charge in [-0.2, -0.15) is 0 Å². The van der Waals surface area contributed by atoms with Crippen LogP contribution in [0.15, 0.2) is 27.4 Å². The molecule has 0 saturated carbocycles. The van der Waals surface area contributed by atoms with Crippen LogP contribution in [0.5, 0.6) is 0 Å². The van der Waals surface area contributed by atoms with Crippen LogP contribution in [0.2, 0.25) is 0 Å². The minimum atomic E-state index is -1.18. The molecule has 0 fully saturated rings. The summed E-state index contributed by atoms with van der Waals surface area (Å²) in [5.74, 6) is -1.09. The van der Waals surface area contributed by atoms with Gasteiger partial charge >= 0.3 is 11.1 Å². The number of nitrogens with zero attached hydrogens (tertiary/aromatic N) is 1. The average Bonchev–Trinajstić information content (AvgIpc) is 2.05. The number of para-hydroxylation sites is 1. The van der Waals surface area contributed by atoms with E-state index in [-0.39, 0.29) is 11.1 Å². The minimum absolute atomic E-state index is 0.0366. The van der Waals surface area contributed by atoms with Crippen molar-refractivity contribution in [2.24, 2.45) is 0 Å². The van der Waals surface area contributed by atoms with Crippen LogP contribution in [0.25, 0.3) is 11.2 Å². The predicted octanol–water partition coefficient (Wildman–Crippen LogP) is 1.37. The van der Waals surface area contributed by atoms with Crippen molar-refractivity contribution in [1.82, 2.24) is 0 Å². The Morgan fingerprint density at radius 1 is 1.43 bits per heavy atom. The average molecular weight is 197 g/mol. The Morgan fingerprint density at radius 2 is 2.21 bits per heavy atom. The molecule has 0 aliphatic rings. The van der Waals surface area contributed by atoms with Crippen molar-refractivity contribution >= 4 is 17.1 Å². The van der Waals surface area contributed by atoms with Crippen LogP contribution < -0.4 is 0 Å². The maximum Gasteiger partial charge on any atom is 0.338 e. The molecule has 1 aromatic carbocycles. The van der Waals surface area contributed by atoms with E-state index >= 15 is 0 Å². The standard InChI is InChI=1S/C7H3NO6/c9-7(12-8(10)11)4-2-1-3-5-6(4)14-13-5/h1-3H. The fraction of sp³-hybridized carbons (Fsp3) is 0. The molecule has 0 amide bonds. The van der Waals surface area contributed by atoms with E-state index in [0.717, 1.165) is 0 Å². The van der Waals surface area contributed by atoms with Crippen LogP contribution in [0.4, 0.5) is 0 Å². The minimum Gasteiger partial charge on any atom is -0.286 e. The fourth-order valence-electron chi connectivity index (χ4n) is 0.998. The molecule has 0 unspecified atom stereocenters. The van der Waals surface area contributed by atoms with E-state index < -0.39 is 11.1 Å². The van der Waals surface area contributed by atoms with Gasteiger partial charge in [0, 0.05) is 0 Å². The highest BCUT2D eigenvalue weighted by Crippen LogP contribution is 2.22. The van der Waals surface area contributed by atoms with E-state index in [2.05, 4.69) is 14.0 Å². The first-order chi connectivity index (χ1) is 6.68. The molecule has 0 aliphatic heterocycles. The van der Waals surface area contributed by atoms with Gasteiger partial charge in [0.15, 0.2) is 0 Å². The molecule has 1 aromatic heterocycles. The van der Waals surface area contributed by atoms with Crippen molar-refractivity contribution in [2.45, 2.75) is 0 Å². The van der Waals surface area contributed by atoms with Crippen LogP contribution in [0.3, 0.4) is 0 Å². The Kier molecular flexibility index (Phi) is 1.70. The highest BCUT2D eigenvalue weighted by atomic mass is 17.0. The van der Waals surface area contributed by atoms with Gasteiger partial charge in [0.2, 0.25) is 11.2 Å². The second kappa shape index (κ2) is 2.87. The molecule has 0 bridgehead atoms. The molecule has 7 nitrogen and oxygen atoms in total. The first-order valence-corrected chi connectivity index (χ1v) is 3.52. The lowest BCUT2D eigenvalue weighted by molar-refractivity contribution is -0.727. The van der Waals surface area contributed by atoms with Crippen molar-refractivity contribution < 1.29 is 23.9 Å². The number of carbonyl (C=O) groups excluding carboxylic acids is 1. The molecule has 7 heteroatoms. The molecule has 1 heterocycles. The van der Waals surface area contributed by atoms with Crippen molar-refractivity contribution in [2.75, 3.05) is 0 Å². The summed E-state index contributed by atoms with van der Waals surface area (Å²) >= 11 is 0. The van der Waals surface area contributed by atoms with Crippen molar-refractivity contribution in [1.29, 1.82) is 0 Å². The van der Waals surface area contributed by atoms with Crippen LogP contribution >= 0.6 is 0 Å². The van der Waals surface area contributed by atoms with Gasteiger partial charge < -0.3 is 0 Å². The predicted molar refractivity (Wildman–Crippen MR) is 40.9 cm³/mol. The van der Waals surface area contributed by atoms with Crippen molar-refractivity contribution in [3.05, 3.63) is 33.9 Å². The van der Waals surface area contributed by atoms with Crippen molar-refractivity contribution in [3.8, 4) is 0 Å². The first kappa shape index (κ1) is 8.30. The summed E-state index contributed by atoms with van der Waals surface area (Å²) in [5.41, 5.74) is 0.465. The molecular weight excluding hydrogens is 194 g/mol. The Balaban J connectivity index is 2.36. The van der Waals surface area contributed by atoms with Crippen LogP contribution in [0.1, 0.15) is 10.4 Å². The Bertz CT molecular complexity index is 495. The van der Waals surface area contributed by atoms with Crippen LogP contribution in [-0.2, 0) is 4.84 Å². The van der Waals surface area contributed by atoms with Gasteiger partial charge in [0.1, 0.15) is 0 Å². The molecular formula is C7H3NO6. The van der Waals surface area contributed by atoms with Gasteiger partial charge in [-0.3, -0.25) is 13.9 Å². The Labute approximate surface area is 75.9 Å². The molecule has 0 atom stereocenters. The number of rotatable bonds is 2. The zero-order chi connectivity index (χ0) is 10.1. The maximum absolute atomic E-state index is 11.1. The summed E-state index contributed by atoms with van der Waals surface area (Å²) in [6, 6.07) is 4.40. The third-order valence-electron chi connectivity index (χ3n) is 1.57. The second-order valence-corrected chi connectivity index (χ2v) is 2.40. The summed E-state index contributed by atoms with van der Waals surface area (Å²) < 4.78 is 8.98. The number of fused-ring (bicyclic) bond motifs is 1. The quantitative estimate of drug-likeness (QED) is 0.409. The van der Waals surface area contributed by atoms with Gasteiger partial charge in [0.05, 0.1) is 5.56 Å². The SMILES string of the molecule is O=C(O[N+](=O)[O-])c1cccc2ooc12. The zero-order valence-electron chi connectivity index (χ0n) is 6.63. The van der Waals surface area contributed by atoms with Gasteiger partial charge in [-0.15, -0.1) is 10.1 Å². The molecule has 2 aromatic rings. The molecule has 0 radical (unpaired) electrons. The fourth-order valence-corrected chi connectivity index (χ4v) is 0.998. The topological polar surface area (TPSA) is 95.7 Å². The first-order valence-electron chi connectivity index (χ1n) is 3.52. The van der Waals surface area contributed by atoms with E-state index in [9.17, 15) is 14.9 Å². The van der Waals surface area contributed by atoms with E-state index in [1.807, 2.05) is 0 Å². The van der Waals surface area contributed by atoms with E-state index in [1.54, 1.807) is 6.07 Å². The molecule has 0 N–H and O–H groups in total. The Morgan fingerprint density at radius 3 is 2.79 bits per heavy atom. The lowest BCUT2D eigenvalue weighted by atomic mass is 10.2. The number of hydrogen-bond donors (Lipinski definition) is 0. The maximum atomic E-state index is 11.1. The largest absolute Gasteiger partial charge is 0.338 e. The monoisotopic (exact) mass is 197 g/mol. The molecule has 72 valence electrons. The second-order valence-electron chi connectivity index (χ2n) is 2.40. The highest BCUT2D eigenvalue weighted by molar-refractivity contribution is 6.00. The summed E-state index contributed by atoms with van der Waals surface area (Å²) in [7, 11) is 0. The summed E-state index contributed by atoms with van der Waals surface area (Å²) in [4.78, 5) is 24.7. The number of carbonyl (C=O) groups is 1. The smallest absolute Gasteiger partial charge is 0.286 e. The molecule has 0 spiro atoms. The van der Waals surface area contributed by atoms with E-state index in [4.69, 9.17) is 0 Å². The number of benzene rings is 1. The zero-order valence-corrected chi connectivity index (χ0v) is 6.63. The molecule has 2 rings (SSSR count).